The Labute approximate surface area is 167 Å². The molecule has 0 spiro atoms. The summed E-state index contributed by atoms with van der Waals surface area (Å²) < 4.78 is 5.03. The predicted octanol–water partition coefficient (Wildman–Crippen LogP) is 4.17. The minimum Gasteiger partial charge on any atom is -0.450 e. The highest BCUT2D eigenvalue weighted by molar-refractivity contribution is 5.89. The fourth-order valence-electron chi connectivity index (χ4n) is 5.12. The molecule has 1 saturated heterocycles. The molecule has 1 aromatic heterocycles. The van der Waals surface area contributed by atoms with E-state index in [0.717, 1.165) is 19.4 Å². The molecule has 1 fully saturated rings. The fraction of sp³-hybridized carbons (Fsp3) is 0.609. The van der Waals surface area contributed by atoms with E-state index in [1.165, 1.54) is 27.6 Å². The molecule has 2 aromatic rings. The number of rotatable bonds is 3. The van der Waals surface area contributed by atoms with Gasteiger partial charge in [-0.1, -0.05) is 26.8 Å². The first-order valence-electron chi connectivity index (χ1n) is 10.5. The van der Waals surface area contributed by atoms with Gasteiger partial charge in [-0.2, -0.15) is 0 Å². The fourth-order valence-corrected chi connectivity index (χ4v) is 5.12. The van der Waals surface area contributed by atoms with E-state index < -0.39 is 0 Å². The van der Waals surface area contributed by atoms with Gasteiger partial charge in [0.15, 0.2) is 0 Å². The summed E-state index contributed by atoms with van der Waals surface area (Å²) in [7, 11) is 2.23. The smallest absolute Gasteiger partial charge is 0.407 e. The minimum atomic E-state index is -0.305. The molecule has 0 saturated carbocycles. The molecule has 5 nitrogen and oxygen atoms in total. The van der Waals surface area contributed by atoms with Crippen molar-refractivity contribution in [1.82, 2.24) is 15.2 Å². The Bertz CT molecular complexity index is 880. The summed E-state index contributed by atoms with van der Waals surface area (Å²) in [5.74, 6) is 0.935. The quantitative estimate of drug-likeness (QED) is 0.836. The molecule has 5 heteroatoms. The van der Waals surface area contributed by atoms with Crippen LogP contribution in [-0.2, 0) is 16.6 Å². The standard InChI is InChI=1S/C23H33N3O2/c1-6-28-22(27)25-11-14-7-17-18-9-16(23(2,3)4)10-19-21(18)15(12-24-19)8-20(17)26(5)13-14/h9-10,12,14,17,20,24H,6-8,11,13H2,1-5H3,(H,25,27)/t14-,17+,20+/m0/s1. The van der Waals surface area contributed by atoms with Crippen molar-refractivity contribution in [3.05, 3.63) is 35.0 Å². The van der Waals surface area contributed by atoms with E-state index in [0.29, 0.717) is 31.0 Å². The molecule has 2 heterocycles. The number of nitrogens with zero attached hydrogens (tertiary/aromatic N) is 1. The molecule has 0 radical (unpaired) electrons. The van der Waals surface area contributed by atoms with Crippen molar-refractivity contribution in [3.63, 3.8) is 0 Å². The van der Waals surface area contributed by atoms with Gasteiger partial charge >= 0.3 is 6.09 Å². The first-order valence-corrected chi connectivity index (χ1v) is 10.5. The van der Waals surface area contributed by atoms with Gasteiger partial charge < -0.3 is 19.9 Å². The number of hydrogen-bond donors (Lipinski definition) is 2. The van der Waals surface area contributed by atoms with Gasteiger partial charge in [0.2, 0.25) is 0 Å². The number of nitrogens with one attached hydrogen (secondary N) is 2. The molecule has 1 aliphatic heterocycles. The molecule has 1 amide bonds. The van der Waals surface area contributed by atoms with Crippen LogP contribution >= 0.6 is 0 Å². The average molecular weight is 384 g/mol. The van der Waals surface area contributed by atoms with Crippen molar-refractivity contribution in [2.45, 2.75) is 57.9 Å². The highest BCUT2D eigenvalue weighted by atomic mass is 16.5. The van der Waals surface area contributed by atoms with Crippen LogP contribution in [-0.4, -0.2) is 48.8 Å². The van der Waals surface area contributed by atoms with Crippen LogP contribution < -0.4 is 5.32 Å². The Balaban J connectivity index is 1.65. The number of H-pyrrole nitrogens is 1. The first-order chi connectivity index (χ1) is 13.3. The number of likely N-dealkylation sites (N-methyl/N-ethyl adjacent to an activating group) is 1. The van der Waals surface area contributed by atoms with E-state index >= 15 is 0 Å². The third kappa shape index (κ3) is 3.41. The monoisotopic (exact) mass is 383 g/mol. The predicted molar refractivity (Wildman–Crippen MR) is 113 cm³/mol. The van der Waals surface area contributed by atoms with Crippen LogP contribution in [0.15, 0.2) is 18.3 Å². The summed E-state index contributed by atoms with van der Waals surface area (Å²) in [5, 5.41) is 4.38. The maximum absolute atomic E-state index is 11.7. The van der Waals surface area contributed by atoms with Gasteiger partial charge in [0.05, 0.1) is 6.61 Å². The third-order valence-corrected chi connectivity index (χ3v) is 6.56. The zero-order valence-corrected chi connectivity index (χ0v) is 17.8. The Kier molecular flexibility index (Phi) is 4.90. The number of ether oxygens (including phenoxy) is 1. The minimum absolute atomic E-state index is 0.119. The zero-order chi connectivity index (χ0) is 20.1. The molecule has 3 atom stereocenters. The summed E-state index contributed by atoms with van der Waals surface area (Å²) in [6, 6.07) is 5.31. The van der Waals surface area contributed by atoms with Crippen LogP contribution in [0.1, 0.15) is 56.7 Å². The van der Waals surface area contributed by atoms with Crippen molar-refractivity contribution < 1.29 is 9.53 Å². The first kappa shape index (κ1) is 19.3. The molecule has 0 bridgehead atoms. The van der Waals surface area contributed by atoms with Gasteiger partial charge in [-0.15, -0.1) is 0 Å². The van der Waals surface area contributed by atoms with Gasteiger partial charge in [0.25, 0.3) is 0 Å². The molecule has 0 unspecified atom stereocenters. The summed E-state index contributed by atoms with van der Waals surface area (Å²) in [5.41, 5.74) is 5.71. The number of piperidine rings is 1. The number of fused-ring (bicyclic) bond motifs is 2. The summed E-state index contributed by atoms with van der Waals surface area (Å²) in [6.45, 7) is 10.8. The van der Waals surface area contributed by atoms with Crippen LogP contribution in [0.5, 0.6) is 0 Å². The summed E-state index contributed by atoms with van der Waals surface area (Å²) >= 11 is 0. The van der Waals surface area contributed by atoms with Gasteiger partial charge in [-0.05, 0) is 60.9 Å². The SMILES string of the molecule is CCOC(=O)NC[C@@H]1C[C@@H]2c3cc(C(C)(C)C)cc4[nH]cc(c34)C[C@H]2N(C)C1. The third-order valence-electron chi connectivity index (χ3n) is 6.56. The lowest BCUT2D eigenvalue weighted by Gasteiger charge is -2.46. The van der Waals surface area contributed by atoms with Crippen molar-refractivity contribution in [2.75, 3.05) is 26.7 Å². The number of carbonyl (C=O) groups excluding carboxylic acids is 1. The number of amides is 1. The average Bonchev–Trinajstić information content (AvgIpc) is 3.04. The highest BCUT2D eigenvalue weighted by Gasteiger charge is 2.40. The number of carbonyl (C=O) groups is 1. The zero-order valence-electron chi connectivity index (χ0n) is 17.8. The molecule has 28 heavy (non-hydrogen) atoms. The second-order valence-electron chi connectivity index (χ2n) is 9.57. The van der Waals surface area contributed by atoms with Gasteiger partial charge in [0, 0.05) is 42.1 Å². The van der Waals surface area contributed by atoms with E-state index in [2.05, 4.69) is 61.3 Å². The molecular weight excluding hydrogens is 350 g/mol. The van der Waals surface area contributed by atoms with E-state index in [1.54, 1.807) is 0 Å². The number of likely N-dealkylation sites (tertiary alicyclic amines) is 1. The molecule has 4 rings (SSSR count). The molecular formula is C23H33N3O2. The summed E-state index contributed by atoms with van der Waals surface area (Å²) in [6.07, 6.45) is 4.11. The number of aromatic nitrogens is 1. The lowest BCUT2D eigenvalue weighted by molar-refractivity contribution is 0.106. The lowest BCUT2D eigenvalue weighted by atomic mass is 9.71. The van der Waals surface area contributed by atoms with Crippen molar-refractivity contribution in [3.8, 4) is 0 Å². The van der Waals surface area contributed by atoms with Crippen molar-refractivity contribution in [2.24, 2.45) is 5.92 Å². The van der Waals surface area contributed by atoms with Crippen LogP contribution in [0.4, 0.5) is 4.79 Å². The van der Waals surface area contributed by atoms with E-state index in [9.17, 15) is 4.79 Å². The summed E-state index contributed by atoms with van der Waals surface area (Å²) in [4.78, 5) is 17.8. The normalized spacial score (nSPS) is 24.8. The van der Waals surface area contributed by atoms with Gasteiger partial charge in [-0.25, -0.2) is 4.79 Å². The number of alkyl carbamates (subject to hydrolysis) is 1. The number of hydrogen-bond acceptors (Lipinski definition) is 3. The van der Waals surface area contributed by atoms with Crippen molar-refractivity contribution >= 4 is 17.0 Å². The maximum atomic E-state index is 11.7. The van der Waals surface area contributed by atoms with Gasteiger partial charge in [-0.3, -0.25) is 0 Å². The second-order valence-corrected chi connectivity index (χ2v) is 9.57. The molecule has 2 aliphatic rings. The van der Waals surface area contributed by atoms with Crippen LogP contribution in [0.2, 0.25) is 0 Å². The second kappa shape index (κ2) is 7.11. The maximum Gasteiger partial charge on any atom is 0.407 e. The molecule has 152 valence electrons. The molecule has 1 aromatic carbocycles. The van der Waals surface area contributed by atoms with E-state index in [4.69, 9.17) is 4.74 Å². The Morgan fingerprint density at radius 1 is 1.36 bits per heavy atom. The highest BCUT2D eigenvalue weighted by Crippen LogP contribution is 2.45. The topological polar surface area (TPSA) is 57.4 Å². The number of benzene rings is 1. The van der Waals surface area contributed by atoms with Crippen molar-refractivity contribution in [1.29, 1.82) is 0 Å². The van der Waals surface area contributed by atoms with E-state index in [1.807, 2.05) is 6.92 Å². The number of aromatic amines is 1. The van der Waals surface area contributed by atoms with Crippen LogP contribution in [0.3, 0.4) is 0 Å². The largest absolute Gasteiger partial charge is 0.450 e. The van der Waals surface area contributed by atoms with Crippen LogP contribution in [0.25, 0.3) is 10.9 Å². The molecule has 2 N–H and O–H groups in total. The lowest BCUT2D eigenvalue weighted by Crippen LogP contribution is -2.50. The Morgan fingerprint density at radius 2 is 2.14 bits per heavy atom. The van der Waals surface area contributed by atoms with E-state index in [-0.39, 0.29) is 11.5 Å². The Morgan fingerprint density at radius 3 is 2.86 bits per heavy atom. The van der Waals surface area contributed by atoms with Gasteiger partial charge in [0.1, 0.15) is 0 Å². The van der Waals surface area contributed by atoms with Crippen LogP contribution in [0, 0.1) is 5.92 Å². The Hall–Kier alpha value is -2.01. The molecule has 1 aliphatic carbocycles.